The van der Waals surface area contributed by atoms with E-state index in [1.807, 2.05) is 10.6 Å². The molecule has 0 aromatic carbocycles. The first-order valence-electron chi connectivity index (χ1n) is 15.9. The van der Waals surface area contributed by atoms with E-state index >= 15 is 0 Å². The molecule has 2 rings (SSSR count). The lowest BCUT2D eigenvalue weighted by molar-refractivity contribution is -0.138. The van der Waals surface area contributed by atoms with Gasteiger partial charge in [0.25, 0.3) is 23.6 Å². The standard InChI is InChI=1S/C31H40N8O12/c1-18(40)34-30(50)20(16-24(44)32-12-4-14-38-26(46)8-9-27(38)47)36-22(42)6-3-7-23(43)37-21(31(51)35-19(2)41)17-25(45)33-13-5-15-39-28(48)10-11-29(39)49/h8-11,20-21H,3-7,12-17H2,1-2H3,(H,32,44)(H,33,45)(H,36,42)(H,37,43)(H,34,40,50)(H,35,41,51). The quantitative estimate of drug-likeness (QED) is 0.0521. The van der Waals surface area contributed by atoms with E-state index < -0.39 is 95.8 Å². The van der Waals surface area contributed by atoms with Crippen LogP contribution in [0.15, 0.2) is 24.3 Å². The molecule has 2 heterocycles. The highest BCUT2D eigenvalue weighted by Crippen LogP contribution is 2.06. The molecule has 51 heavy (non-hydrogen) atoms. The van der Waals surface area contributed by atoms with Crippen LogP contribution in [0.1, 0.15) is 58.8 Å². The van der Waals surface area contributed by atoms with Crippen LogP contribution in [-0.4, -0.2) is 119 Å². The first-order chi connectivity index (χ1) is 24.1. The van der Waals surface area contributed by atoms with Gasteiger partial charge in [0.15, 0.2) is 0 Å². The molecule has 276 valence electrons. The lowest BCUT2D eigenvalue weighted by atomic mass is 10.1. The maximum Gasteiger partial charge on any atom is 0.253 e. The molecule has 2 aliphatic rings. The van der Waals surface area contributed by atoms with E-state index in [1.165, 1.54) is 0 Å². The molecule has 12 amide bonds. The van der Waals surface area contributed by atoms with Gasteiger partial charge >= 0.3 is 0 Å². The van der Waals surface area contributed by atoms with Crippen molar-refractivity contribution in [3.8, 4) is 0 Å². The minimum atomic E-state index is -1.47. The minimum absolute atomic E-state index is 0.0358. The Kier molecular flexibility index (Phi) is 16.5. The molecule has 0 aromatic rings. The number of carbonyl (C=O) groups excluding carboxylic acids is 12. The summed E-state index contributed by atoms with van der Waals surface area (Å²) >= 11 is 0. The third-order valence-electron chi connectivity index (χ3n) is 7.05. The van der Waals surface area contributed by atoms with Crippen LogP contribution >= 0.6 is 0 Å². The van der Waals surface area contributed by atoms with E-state index in [0.717, 1.165) is 48.0 Å². The van der Waals surface area contributed by atoms with Crippen LogP contribution in [0.5, 0.6) is 0 Å². The summed E-state index contributed by atoms with van der Waals surface area (Å²) in [6.07, 6.45) is 3.04. The highest BCUT2D eigenvalue weighted by atomic mass is 16.2. The molecule has 0 bridgehead atoms. The molecule has 2 aliphatic heterocycles. The summed E-state index contributed by atoms with van der Waals surface area (Å²) in [4.78, 5) is 146. The predicted molar refractivity (Wildman–Crippen MR) is 172 cm³/mol. The molecular formula is C31H40N8O12. The van der Waals surface area contributed by atoms with E-state index in [0.29, 0.717) is 0 Å². The van der Waals surface area contributed by atoms with E-state index in [9.17, 15) is 57.5 Å². The summed E-state index contributed by atoms with van der Waals surface area (Å²) in [5, 5.41) is 13.6. The zero-order valence-electron chi connectivity index (χ0n) is 28.0. The summed E-state index contributed by atoms with van der Waals surface area (Å²) in [6.45, 7) is 2.27. The van der Waals surface area contributed by atoms with Gasteiger partial charge in [-0.2, -0.15) is 0 Å². The fourth-order valence-corrected chi connectivity index (χ4v) is 4.63. The van der Waals surface area contributed by atoms with Crippen molar-refractivity contribution in [3.05, 3.63) is 24.3 Å². The van der Waals surface area contributed by atoms with Crippen molar-refractivity contribution in [1.29, 1.82) is 0 Å². The topological polar surface area (TPSA) is 283 Å². The first kappa shape index (κ1) is 41.1. The first-order valence-corrected chi connectivity index (χ1v) is 15.9. The van der Waals surface area contributed by atoms with Crippen LogP contribution in [-0.2, 0) is 57.5 Å². The Morgan fingerprint density at radius 1 is 0.529 bits per heavy atom. The third kappa shape index (κ3) is 14.9. The van der Waals surface area contributed by atoms with Crippen LogP contribution in [0.4, 0.5) is 0 Å². The number of rotatable bonds is 20. The smallest absolute Gasteiger partial charge is 0.253 e. The molecule has 0 saturated heterocycles. The SMILES string of the molecule is CC(=O)NC(=O)C(CC(=O)NCCCN1C(=O)C=CC1=O)NC(=O)CCCC(=O)NC(CC(=O)NCCCN1C(=O)C=CC1=O)C(=O)NC(C)=O. The minimum Gasteiger partial charge on any atom is -0.356 e. The van der Waals surface area contributed by atoms with Crippen molar-refractivity contribution in [2.45, 2.75) is 70.9 Å². The lowest BCUT2D eigenvalue weighted by Gasteiger charge is -2.19. The Bertz CT molecular complexity index is 1380. The van der Waals surface area contributed by atoms with Crippen molar-refractivity contribution >= 4 is 70.9 Å². The van der Waals surface area contributed by atoms with Gasteiger partial charge in [-0.25, -0.2) is 0 Å². The normalized spacial score (nSPS) is 14.5. The number of nitrogens with zero attached hydrogens (tertiary/aromatic N) is 2. The highest BCUT2D eigenvalue weighted by molar-refractivity contribution is 6.13. The molecule has 0 saturated carbocycles. The second kappa shape index (κ2) is 20.4. The number of hydrogen-bond donors (Lipinski definition) is 6. The van der Waals surface area contributed by atoms with Crippen molar-refractivity contribution in [2.75, 3.05) is 26.2 Å². The van der Waals surface area contributed by atoms with Gasteiger partial charge in [0.05, 0.1) is 12.8 Å². The van der Waals surface area contributed by atoms with E-state index in [2.05, 4.69) is 21.3 Å². The van der Waals surface area contributed by atoms with Gasteiger partial charge in [0.1, 0.15) is 12.1 Å². The summed E-state index contributed by atoms with van der Waals surface area (Å²) in [7, 11) is 0. The fraction of sp³-hybridized carbons (Fsp3) is 0.484. The van der Waals surface area contributed by atoms with E-state index in [1.54, 1.807) is 0 Å². The molecular weight excluding hydrogens is 676 g/mol. The molecule has 0 aromatic heterocycles. The molecule has 0 aliphatic carbocycles. The second-order valence-corrected chi connectivity index (χ2v) is 11.3. The summed E-state index contributed by atoms with van der Waals surface area (Å²) in [5.74, 6) is -8.18. The van der Waals surface area contributed by atoms with Gasteiger partial charge in [0, 0.05) is 77.2 Å². The molecule has 0 radical (unpaired) electrons. The Balaban J connectivity index is 1.82. The summed E-state index contributed by atoms with van der Waals surface area (Å²) in [6, 6.07) is -2.93. The fourth-order valence-electron chi connectivity index (χ4n) is 4.63. The van der Waals surface area contributed by atoms with Gasteiger partial charge in [-0.05, 0) is 19.3 Å². The molecule has 0 fully saturated rings. The lowest BCUT2D eigenvalue weighted by Crippen LogP contribution is -2.50. The summed E-state index contributed by atoms with van der Waals surface area (Å²) in [5.41, 5.74) is 0. The van der Waals surface area contributed by atoms with Crippen LogP contribution in [0.25, 0.3) is 0 Å². The number of imide groups is 4. The maximum absolute atomic E-state index is 12.6. The third-order valence-corrected chi connectivity index (χ3v) is 7.05. The van der Waals surface area contributed by atoms with E-state index in [-0.39, 0.29) is 58.3 Å². The van der Waals surface area contributed by atoms with Crippen molar-refractivity contribution in [3.63, 3.8) is 0 Å². The van der Waals surface area contributed by atoms with Crippen LogP contribution in [0.3, 0.4) is 0 Å². The molecule has 20 nitrogen and oxygen atoms in total. The molecule has 20 heteroatoms. The molecule has 2 unspecified atom stereocenters. The van der Waals surface area contributed by atoms with Crippen molar-refractivity contribution in [2.24, 2.45) is 0 Å². The highest BCUT2D eigenvalue weighted by Gasteiger charge is 2.28. The zero-order valence-corrected chi connectivity index (χ0v) is 28.0. The number of carbonyl (C=O) groups is 12. The number of hydrogen-bond acceptors (Lipinski definition) is 12. The van der Waals surface area contributed by atoms with Crippen LogP contribution in [0, 0.1) is 0 Å². The summed E-state index contributed by atoms with van der Waals surface area (Å²) < 4.78 is 0. The monoisotopic (exact) mass is 716 g/mol. The molecule has 2 atom stereocenters. The van der Waals surface area contributed by atoms with Gasteiger partial charge in [-0.1, -0.05) is 0 Å². The maximum atomic E-state index is 12.6. The average Bonchev–Trinajstić information content (AvgIpc) is 3.53. The van der Waals surface area contributed by atoms with Crippen LogP contribution in [0.2, 0.25) is 0 Å². The molecule has 6 N–H and O–H groups in total. The Hall–Kier alpha value is -6.08. The van der Waals surface area contributed by atoms with Crippen molar-refractivity contribution in [1.82, 2.24) is 41.7 Å². The van der Waals surface area contributed by atoms with Gasteiger partial charge < -0.3 is 21.3 Å². The Labute approximate surface area is 291 Å². The predicted octanol–water partition coefficient (Wildman–Crippen LogP) is -3.91. The van der Waals surface area contributed by atoms with Gasteiger partial charge in [-0.15, -0.1) is 0 Å². The average molecular weight is 717 g/mol. The largest absolute Gasteiger partial charge is 0.356 e. The number of amides is 12. The Morgan fingerprint density at radius 2 is 0.863 bits per heavy atom. The van der Waals surface area contributed by atoms with E-state index in [4.69, 9.17) is 0 Å². The van der Waals surface area contributed by atoms with Crippen LogP contribution < -0.4 is 31.9 Å². The van der Waals surface area contributed by atoms with Gasteiger partial charge in [0.2, 0.25) is 47.3 Å². The van der Waals surface area contributed by atoms with Crippen molar-refractivity contribution < 1.29 is 57.5 Å². The second-order valence-electron chi connectivity index (χ2n) is 11.3. The zero-order chi connectivity index (χ0) is 38.1. The number of nitrogens with one attached hydrogen (secondary N) is 6. The molecule has 0 spiro atoms. The Morgan fingerprint density at radius 3 is 1.18 bits per heavy atom. The van der Waals surface area contributed by atoms with Gasteiger partial charge in [-0.3, -0.25) is 78.0 Å².